The molecule has 1 aliphatic rings. The molecule has 0 unspecified atom stereocenters. The number of amides is 1. The van der Waals surface area contributed by atoms with Crippen LogP contribution in [0.1, 0.15) is 29.6 Å². The lowest BCUT2D eigenvalue weighted by Gasteiger charge is -2.22. The molecule has 0 aliphatic heterocycles. The molecule has 0 radical (unpaired) electrons. The second-order valence-corrected chi connectivity index (χ2v) is 4.92. The highest BCUT2D eigenvalue weighted by molar-refractivity contribution is 6.30. The summed E-state index contributed by atoms with van der Waals surface area (Å²) in [6, 6.07) is 7.32. The zero-order valence-corrected chi connectivity index (χ0v) is 11.5. The van der Waals surface area contributed by atoms with Crippen molar-refractivity contribution in [3.05, 3.63) is 28.8 Å². The average Bonchev–Trinajstić information content (AvgIpc) is 3.23. The molecule has 100 valence electrons. The van der Waals surface area contributed by atoms with E-state index in [0.29, 0.717) is 29.3 Å². The van der Waals surface area contributed by atoms with Crippen LogP contribution in [0.25, 0.3) is 0 Å². The van der Waals surface area contributed by atoms with Gasteiger partial charge in [0.15, 0.2) is 0 Å². The van der Waals surface area contributed by atoms with E-state index in [0.717, 1.165) is 12.8 Å². The minimum atomic E-state index is -0.0914. The Labute approximate surface area is 117 Å². The van der Waals surface area contributed by atoms with Gasteiger partial charge in [-0.1, -0.05) is 11.6 Å². The number of nitrogens with zero attached hydrogens (tertiary/aromatic N) is 2. The summed E-state index contributed by atoms with van der Waals surface area (Å²) < 4.78 is 5.21. The molecule has 2 rings (SSSR count). The first-order valence-corrected chi connectivity index (χ1v) is 6.56. The van der Waals surface area contributed by atoms with Crippen LogP contribution >= 0.6 is 11.6 Å². The Balaban J connectivity index is 2.23. The van der Waals surface area contributed by atoms with Crippen LogP contribution < -0.4 is 4.74 Å². The molecule has 4 nitrogen and oxygen atoms in total. The molecule has 1 aromatic rings. The molecule has 5 heteroatoms. The standard InChI is InChI=1S/C14H15ClN2O2/c1-19-13-9-10(15)3-6-12(13)14(18)17(8-2-7-16)11-4-5-11/h3,6,9,11H,2,4-5,8H2,1H3. The van der Waals surface area contributed by atoms with Gasteiger partial charge in [-0.25, -0.2) is 0 Å². The SMILES string of the molecule is COc1cc(Cl)ccc1C(=O)N(CCC#N)C1CC1. The lowest BCUT2D eigenvalue weighted by atomic mass is 10.1. The molecule has 1 saturated carbocycles. The van der Waals surface area contributed by atoms with Crippen LogP contribution in [0, 0.1) is 11.3 Å². The fourth-order valence-corrected chi connectivity index (χ4v) is 2.17. The van der Waals surface area contributed by atoms with Crippen LogP contribution in [0.2, 0.25) is 5.02 Å². The minimum absolute atomic E-state index is 0.0914. The van der Waals surface area contributed by atoms with E-state index >= 15 is 0 Å². The molecule has 0 atom stereocenters. The van der Waals surface area contributed by atoms with E-state index in [1.54, 1.807) is 23.1 Å². The molecule has 1 aromatic carbocycles. The van der Waals surface area contributed by atoms with E-state index in [9.17, 15) is 4.79 Å². The highest BCUT2D eigenvalue weighted by Crippen LogP contribution is 2.31. The zero-order chi connectivity index (χ0) is 13.8. The van der Waals surface area contributed by atoms with Crippen molar-refractivity contribution in [1.82, 2.24) is 4.90 Å². The molecule has 0 spiro atoms. The molecule has 1 amide bonds. The maximum absolute atomic E-state index is 12.5. The van der Waals surface area contributed by atoms with Crippen LogP contribution in [0.4, 0.5) is 0 Å². The Morgan fingerprint density at radius 1 is 1.58 bits per heavy atom. The van der Waals surface area contributed by atoms with E-state index in [1.165, 1.54) is 7.11 Å². The summed E-state index contributed by atoms with van der Waals surface area (Å²) in [5.41, 5.74) is 0.497. The third-order valence-electron chi connectivity index (χ3n) is 3.11. The monoisotopic (exact) mass is 278 g/mol. The summed E-state index contributed by atoms with van der Waals surface area (Å²) in [7, 11) is 1.51. The van der Waals surface area contributed by atoms with E-state index in [-0.39, 0.29) is 11.9 Å². The summed E-state index contributed by atoms with van der Waals surface area (Å²) in [5, 5.41) is 9.21. The molecule has 0 heterocycles. The number of hydrogen-bond acceptors (Lipinski definition) is 3. The largest absolute Gasteiger partial charge is 0.496 e. The molecular formula is C14H15ClN2O2. The maximum Gasteiger partial charge on any atom is 0.257 e. The number of nitriles is 1. The second kappa shape index (κ2) is 5.94. The molecule has 1 aliphatic carbocycles. The number of carbonyl (C=O) groups excluding carboxylic acids is 1. The molecule has 0 bridgehead atoms. The van der Waals surface area contributed by atoms with E-state index < -0.39 is 0 Å². The number of benzene rings is 1. The normalized spacial score (nSPS) is 13.7. The third-order valence-corrected chi connectivity index (χ3v) is 3.34. The summed E-state index contributed by atoms with van der Waals surface area (Å²) in [6.07, 6.45) is 2.36. The predicted octanol–water partition coefficient (Wildman–Crippen LogP) is 2.87. The second-order valence-electron chi connectivity index (χ2n) is 4.48. The van der Waals surface area contributed by atoms with Crippen molar-refractivity contribution >= 4 is 17.5 Å². The van der Waals surface area contributed by atoms with Gasteiger partial charge in [0.1, 0.15) is 5.75 Å². The van der Waals surface area contributed by atoms with Crippen LogP contribution in [-0.2, 0) is 0 Å². The van der Waals surface area contributed by atoms with Crippen molar-refractivity contribution < 1.29 is 9.53 Å². The van der Waals surface area contributed by atoms with E-state index in [2.05, 4.69) is 6.07 Å². The van der Waals surface area contributed by atoms with Crippen molar-refractivity contribution in [2.75, 3.05) is 13.7 Å². The lowest BCUT2D eigenvalue weighted by molar-refractivity contribution is 0.0743. The highest BCUT2D eigenvalue weighted by Gasteiger charge is 2.33. The van der Waals surface area contributed by atoms with Crippen molar-refractivity contribution in [1.29, 1.82) is 5.26 Å². The highest BCUT2D eigenvalue weighted by atomic mass is 35.5. The van der Waals surface area contributed by atoms with Gasteiger partial charge >= 0.3 is 0 Å². The van der Waals surface area contributed by atoms with Crippen molar-refractivity contribution in [2.45, 2.75) is 25.3 Å². The Morgan fingerprint density at radius 3 is 2.89 bits per heavy atom. The topological polar surface area (TPSA) is 53.3 Å². The Bertz CT molecular complexity index is 521. The lowest BCUT2D eigenvalue weighted by Crippen LogP contribution is -2.34. The fraction of sp³-hybridized carbons (Fsp3) is 0.429. The van der Waals surface area contributed by atoms with Gasteiger partial charge in [0, 0.05) is 17.6 Å². The first-order valence-electron chi connectivity index (χ1n) is 6.19. The molecule has 1 fully saturated rings. The van der Waals surface area contributed by atoms with Gasteiger partial charge in [-0.15, -0.1) is 0 Å². The molecule has 19 heavy (non-hydrogen) atoms. The number of methoxy groups -OCH3 is 1. The van der Waals surface area contributed by atoms with E-state index in [1.807, 2.05) is 0 Å². The van der Waals surface area contributed by atoms with Crippen molar-refractivity contribution in [3.8, 4) is 11.8 Å². The van der Waals surface area contributed by atoms with Gasteiger partial charge in [-0.05, 0) is 31.0 Å². The average molecular weight is 279 g/mol. The van der Waals surface area contributed by atoms with Crippen molar-refractivity contribution in [3.63, 3.8) is 0 Å². The van der Waals surface area contributed by atoms with Crippen LogP contribution in [0.5, 0.6) is 5.75 Å². The van der Waals surface area contributed by atoms with Gasteiger partial charge in [0.25, 0.3) is 5.91 Å². The number of rotatable bonds is 5. The Morgan fingerprint density at radius 2 is 2.32 bits per heavy atom. The van der Waals surface area contributed by atoms with Gasteiger partial charge in [0.05, 0.1) is 25.2 Å². The van der Waals surface area contributed by atoms with Gasteiger partial charge in [-0.3, -0.25) is 4.79 Å². The number of carbonyl (C=O) groups is 1. The third kappa shape index (κ3) is 3.18. The molecule has 0 N–H and O–H groups in total. The van der Waals surface area contributed by atoms with E-state index in [4.69, 9.17) is 21.6 Å². The number of hydrogen-bond donors (Lipinski definition) is 0. The predicted molar refractivity (Wildman–Crippen MR) is 72.3 cm³/mol. The van der Waals surface area contributed by atoms with Crippen LogP contribution in [-0.4, -0.2) is 30.5 Å². The quantitative estimate of drug-likeness (QED) is 0.832. The van der Waals surface area contributed by atoms with Gasteiger partial charge < -0.3 is 9.64 Å². The van der Waals surface area contributed by atoms with Gasteiger partial charge in [0.2, 0.25) is 0 Å². The maximum atomic E-state index is 12.5. The summed E-state index contributed by atoms with van der Waals surface area (Å²) in [6.45, 7) is 0.464. The first-order chi connectivity index (χ1) is 9.17. The Kier molecular flexibility index (Phi) is 4.28. The van der Waals surface area contributed by atoms with Crippen molar-refractivity contribution in [2.24, 2.45) is 0 Å². The molecule has 0 saturated heterocycles. The summed E-state index contributed by atoms with van der Waals surface area (Å²) >= 11 is 5.89. The smallest absolute Gasteiger partial charge is 0.257 e. The van der Waals surface area contributed by atoms with Crippen LogP contribution in [0.15, 0.2) is 18.2 Å². The summed E-state index contributed by atoms with van der Waals surface area (Å²) in [5.74, 6) is 0.381. The van der Waals surface area contributed by atoms with Crippen LogP contribution in [0.3, 0.4) is 0 Å². The molecule has 0 aromatic heterocycles. The number of halogens is 1. The van der Waals surface area contributed by atoms with Gasteiger partial charge in [-0.2, -0.15) is 5.26 Å². The number of ether oxygens (including phenoxy) is 1. The Hall–Kier alpha value is -1.73. The summed E-state index contributed by atoms with van der Waals surface area (Å²) in [4.78, 5) is 14.3. The zero-order valence-electron chi connectivity index (χ0n) is 10.7. The molecular weight excluding hydrogens is 264 g/mol. The minimum Gasteiger partial charge on any atom is -0.496 e. The fourth-order valence-electron chi connectivity index (χ4n) is 2.00. The first kappa shape index (κ1) is 13.7.